The van der Waals surface area contributed by atoms with Crippen LogP contribution in [-0.4, -0.2) is 17.1 Å². The van der Waals surface area contributed by atoms with E-state index in [2.05, 4.69) is 16.0 Å². The number of nitrogens with zero attached hydrogens (tertiary/aromatic N) is 1. The standard InChI is InChI=1S/C12H14N2O/c1-8-4-5-10(11(6-8)15-3)12-13-7-9(2)14-12/h4-7H,1-3H3,(H,13,14). The number of imidazole rings is 1. The maximum atomic E-state index is 5.33. The molecule has 0 amide bonds. The third kappa shape index (κ3) is 1.86. The predicted molar refractivity (Wildman–Crippen MR) is 60.0 cm³/mol. The van der Waals surface area contributed by atoms with Crippen molar-refractivity contribution in [2.24, 2.45) is 0 Å². The van der Waals surface area contributed by atoms with Gasteiger partial charge in [-0.05, 0) is 31.5 Å². The second kappa shape index (κ2) is 3.77. The minimum atomic E-state index is 0.851. The Bertz CT molecular complexity index is 474. The molecule has 0 unspecified atom stereocenters. The zero-order valence-electron chi connectivity index (χ0n) is 9.16. The fourth-order valence-corrected chi connectivity index (χ4v) is 1.54. The Morgan fingerprint density at radius 2 is 2.07 bits per heavy atom. The number of hydrogen-bond acceptors (Lipinski definition) is 2. The Hall–Kier alpha value is -1.77. The van der Waals surface area contributed by atoms with Gasteiger partial charge in [-0.25, -0.2) is 4.98 Å². The highest BCUT2D eigenvalue weighted by Crippen LogP contribution is 2.28. The van der Waals surface area contributed by atoms with Crippen LogP contribution in [-0.2, 0) is 0 Å². The van der Waals surface area contributed by atoms with E-state index in [1.54, 1.807) is 7.11 Å². The Morgan fingerprint density at radius 3 is 2.67 bits per heavy atom. The second-order valence-corrected chi connectivity index (χ2v) is 3.62. The van der Waals surface area contributed by atoms with Gasteiger partial charge in [-0.2, -0.15) is 0 Å². The topological polar surface area (TPSA) is 37.9 Å². The number of ether oxygens (including phenoxy) is 1. The minimum absolute atomic E-state index is 0.851. The summed E-state index contributed by atoms with van der Waals surface area (Å²) >= 11 is 0. The van der Waals surface area contributed by atoms with Gasteiger partial charge in [-0.3, -0.25) is 0 Å². The van der Waals surface area contributed by atoms with E-state index in [1.807, 2.05) is 32.2 Å². The number of hydrogen-bond donors (Lipinski definition) is 1. The molecule has 0 radical (unpaired) electrons. The molecule has 1 N–H and O–H groups in total. The van der Waals surface area contributed by atoms with Crippen molar-refractivity contribution in [1.29, 1.82) is 0 Å². The van der Waals surface area contributed by atoms with E-state index in [9.17, 15) is 0 Å². The SMILES string of the molecule is COc1cc(C)ccc1-c1ncc(C)[nH]1. The van der Waals surface area contributed by atoms with Crippen LogP contribution >= 0.6 is 0 Å². The molecular formula is C12H14N2O. The molecule has 15 heavy (non-hydrogen) atoms. The van der Waals surface area contributed by atoms with Gasteiger partial charge in [0.2, 0.25) is 0 Å². The van der Waals surface area contributed by atoms with Crippen LogP contribution in [0.4, 0.5) is 0 Å². The van der Waals surface area contributed by atoms with E-state index in [1.165, 1.54) is 5.56 Å². The maximum absolute atomic E-state index is 5.33. The van der Waals surface area contributed by atoms with Crippen molar-refractivity contribution >= 4 is 0 Å². The smallest absolute Gasteiger partial charge is 0.141 e. The summed E-state index contributed by atoms with van der Waals surface area (Å²) in [6.45, 7) is 4.02. The monoisotopic (exact) mass is 202 g/mol. The lowest BCUT2D eigenvalue weighted by Crippen LogP contribution is -1.90. The molecule has 0 fully saturated rings. The van der Waals surface area contributed by atoms with Crippen LogP contribution < -0.4 is 4.74 Å². The van der Waals surface area contributed by atoms with Crippen LogP contribution in [0.15, 0.2) is 24.4 Å². The zero-order valence-corrected chi connectivity index (χ0v) is 9.16. The molecule has 78 valence electrons. The molecule has 0 spiro atoms. The van der Waals surface area contributed by atoms with Crippen molar-refractivity contribution in [3.05, 3.63) is 35.7 Å². The third-order valence-corrected chi connectivity index (χ3v) is 2.32. The van der Waals surface area contributed by atoms with Crippen molar-refractivity contribution in [2.45, 2.75) is 13.8 Å². The summed E-state index contributed by atoms with van der Waals surface area (Å²) in [5.74, 6) is 1.70. The van der Waals surface area contributed by atoms with Crippen LogP contribution in [0.3, 0.4) is 0 Å². The van der Waals surface area contributed by atoms with E-state index in [4.69, 9.17) is 4.74 Å². The minimum Gasteiger partial charge on any atom is -0.496 e. The second-order valence-electron chi connectivity index (χ2n) is 3.62. The lowest BCUT2D eigenvalue weighted by molar-refractivity contribution is 0.416. The fourth-order valence-electron chi connectivity index (χ4n) is 1.54. The number of aromatic amines is 1. The molecule has 0 aliphatic carbocycles. The molecule has 2 aromatic rings. The van der Waals surface area contributed by atoms with Crippen LogP contribution in [0.1, 0.15) is 11.3 Å². The van der Waals surface area contributed by atoms with Crippen molar-refractivity contribution < 1.29 is 4.74 Å². The van der Waals surface area contributed by atoms with Crippen molar-refractivity contribution in [1.82, 2.24) is 9.97 Å². The van der Waals surface area contributed by atoms with Crippen LogP contribution in [0.25, 0.3) is 11.4 Å². The van der Waals surface area contributed by atoms with Crippen molar-refractivity contribution in [3.63, 3.8) is 0 Å². The molecule has 0 atom stereocenters. The highest BCUT2D eigenvalue weighted by Gasteiger charge is 2.08. The van der Waals surface area contributed by atoms with Crippen molar-refractivity contribution in [2.75, 3.05) is 7.11 Å². The Labute approximate surface area is 89.1 Å². The quantitative estimate of drug-likeness (QED) is 0.813. The molecule has 0 saturated carbocycles. The molecule has 1 aromatic heterocycles. The summed E-state index contributed by atoms with van der Waals surface area (Å²) in [4.78, 5) is 7.48. The molecule has 1 aromatic carbocycles. The molecule has 2 rings (SSSR count). The number of aryl methyl sites for hydroxylation is 2. The van der Waals surface area contributed by atoms with Crippen molar-refractivity contribution in [3.8, 4) is 17.1 Å². The van der Waals surface area contributed by atoms with Gasteiger partial charge < -0.3 is 9.72 Å². The molecule has 1 heterocycles. The van der Waals surface area contributed by atoms with Gasteiger partial charge in [0.25, 0.3) is 0 Å². The number of nitrogens with one attached hydrogen (secondary N) is 1. The molecule has 0 saturated heterocycles. The fraction of sp³-hybridized carbons (Fsp3) is 0.250. The maximum Gasteiger partial charge on any atom is 0.141 e. The summed E-state index contributed by atoms with van der Waals surface area (Å²) in [7, 11) is 1.67. The summed E-state index contributed by atoms with van der Waals surface area (Å²) < 4.78 is 5.33. The van der Waals surface area contributed by atoms with E-state index in [0.717, 1.165) is 22.8 Å². The number of rotatable bonds is 2. The van der Waals surface area contributed by atoms with Gasteiger partial charge in [0.1, 0.15) is 11.6 Å². The number of benzene rings is 1. The summed E-state index contributed by atoms with van der Waals surface area (Å²) in [6.07, 6.45) is 1.81. The molecular weight excluding hydrogens is 188 g/mol. The summed E-state index contributed by atoms with van der Waals surface area (Å²) in [5.41, 5.74) is 3.22. The third-order valence-electron chi connectivity index (χ3n) is 2.32. The lowest BCUT2D eigenvalue weighted by atomic mass is 10.1. The number of aromatic nitrogens is 2. The molecule has 0 aliphatic heterocycles. The van der Waals surface area contributed by atoms with E-state index < -0.39 is 0 Å². The Kier molecular flexibility index (Phi) is 2.46. The Morgan fingerprint density at radius 1 is 1.27 bits per heavy atom. The highest BCUT2D eigenvalue weighted by molar-refractivity contribution is 5.65. The van der Waals surface area contributed by atoms with E-state index in [0.29, 0.717) is 0 Å². The van der Waals surface area contributed by atoms with Crippen LogP contribution in [0, 0.1) is 13.8 Å². The first kappa shape index (κ1) is 9.77. The average Bonchev–Trinajstić information content (AvgIpc) is 2.64. The summed E-state index contributed by atoms with van der Waals surface area (Å²) in [6, 6.07) is 6.08. The van der Waals surface area contributed by atoms with E-state index in [-0.39, 0.29) is 0 Å². The first-order valence-corrected chi connectivity index (χ1v) is 4.87. The van der Waals surface area contributed by atoms with Gasteiger partial charge in [-0.15, -0.1) is 0 Å². The first-order chi connectivity index (χ1) is 7.20. The van der Waals surface area contributed by atoms with Gasteiger partial charge in [0.15, 0.2) is 0 Å². The van der Waals surface area contributed by atoms with Gasteiger partial charge in [0, 0.05) is 11.9 Å². The summed E-state index contributed by atoms with van der Waals surface area (Å²) in [5, 5.41) is 0. The largest absolute Gasteiger partial charge is 0.496 e. The molecule has 0 bridgehead atoms. The van der Waals surface area contributed by atoms with Gasteiger partial charge in [-0.1, -0.05) is 6.07 Å². The number of methoxy groups -OCH3 is 1. The van der Waals surface area contributed by atoms with Gasteiger partial charge >= 0.3 is 0 Å². The predicted octanol–water partition coefficient (Wildman–Crippen LogP) is 2.70. The number of H-pyrrole nitrogens is 1. The molecule has 3 heteroatoms. The van der Waals surface area contributed by atoms with Gasteiger partial charge in [0.05, 0.1) is 12.7 Å². The normalized spacial score (nSPS) is 10.3. The van der Waals surface area contributed by atoms with Crippen LogP contribution in [0.2, 0.25) is 0 Å². The van der Waals surface area contributed by atoms with Crippen LogP contribution in [0.5, 0.6) is 5.75 Å². The molecule has 3 nitrogen and oxygen atoms in total. The lowest BCUT2D eigenvalue weighted by Gasteiger charge is -2.06. The molecule has 0 aliphatic rings. The highest BCUT2D eigenvalue weighted by atomic mass is 16.5. The average molecular weight is 202 g/mol. The first-order valence-electron chi connectivity index (χ1n) is 4.87. The zero-order chi connectivity index (χ0) is 10.8. The Balaban J connectivity index is 2.52. The van der Waals surface area contributed by atoms with E-state index >= 15 is 0 Å².